The van der Waals surface area contributed by atoms with Gasteiger partial charge in [-0.2, -0.15) is 0 Å². The quantitative estimate of drug-likeness (QED) is 0.604. The van der Waals surface area contributed by atoms with E-state index in [-0.39, 0.29) is 30.6 Å². The lowest BCUT2D eigenvalue weighted by atomic mass is 9.98. The molecule has 26 heavy (non-hydrogen) atoms. The minimum atomic E-state index is -0.223. The number of halogens is 3. The zero-order valence-electron chi connectivity index (χ0n) is 14.2. The molecule has 140 valence electrons. The Morgan fingerprint density at radius 2 is 1.85 bits per heavy atom. The molecule has 4 rings (SSSR count). The number of thiophene rings is 1. The highest BCUT2D eigenvalue weighted by Crippen LogP contribution is 2.32. The van der Waals surface area contributed by atoms with Crippen molar-refractivity contribution in [3.8, 4) is 11.3 Å². The topological polar surface area (TPSA) is 37.0 Å². The first-order chi connectivity index (χ1) is 11.8. The fourth-order valence-electron chi connectivity index (χ4n) is 3.20. The van der Waals surface area contributed by atoms with Crippen molar-refractivity contribution in [3.63, 3.8) is 0 Å². The molecule has 0 saturated carbocycles. The number of nitrogens with zero attached hydrogens (tertiary/aromatic N) is 1. The van der Waals surface area contributed by atoms with Gasteiger partial charge >= 0.3 is 0 Å². The zero-order chi connectivity index (χ0) is 16.4. The standard InChI is InChI=1S/C19H20FN3S.2ClH/c20-15-3-1-14(2-4-15)17-11-18(19-16(23-17)7-10-24-19)22-12-13-5-8-21-9-6-13;;/h1-4,7,10-11,13,21H,5-6,8-9,12H2,(H,22,23);2*1H. The van der Waals surface area contributed by atoms with Crippen molar-refractivity contribution in [3.05, 3.63) is 47.6 Å². The smallest absolute Gasteiger partial charge is 0.123 e. The number of nitrogens with one attached hydrogen (secondary N) is 2. The molecule has 3 aromatic rings. The SMILES string of the molecule is Cl.Cl.Fc1ccc(-c2cc(NCC3CCNCC3)c3sccc3n2)cc1. The average molecular weight is 414 g/mol. The van der Waals surface area contributed by atoms with Crippen molar-refractivity contribution in [1.82, 2.24) is 10.3 Å². The van der Waals surface area contributed by atoms with E-state index in [4.69, 9.17) is 4.98 Å². The molecule has 0 aliphatic carbocycles. The van der Waals surface area contributed by atoms with Crippen molar-refractivity contribution < 1.29 is 4.39 Å². The van der Waals surface area contributed by atoms with Crippen LogP contribution in [0.4, 0.5) is 10.1 Å². The van der Waals surface area contributed by atoms with Crippen LogP contribution in [-0.4, -0.2) is 24.6 Å². The Labute approximate surface area is 169 Å². The molecular weight excluding hydrogens is 392 g/mol. The molecule has 2 N–H and O–H groups in total. The van der Waals surface area contributed by atoms with Crippen LogP contribution in [-0.2, 0) is 0 Å². The predicted molar refractivity (Wildman–Crippen MR) is 114 cm³/mol. The molecule has 1 aromatic carbocycles. The van der Waals surface area contributed by atoms with Gasteiger partial charge in [0.2, 0.25) is 0 Å². The molecule has 0 atom stereocenters. The average Bonchev–Trinajstić information content (AvgIpc) is 3.10. The maximum Gasteiger partial charge on any atom is 0.123 e. The van der Waals surface area contributed by atoms with Crippen LogP contribution in [0.5, 0.6) is 0 Å². The molecule has 0 spiro atoms. The van der Waals surface area contributed by atoms with Crippen LogP contribution in [0.1, 0.15) is 12.8 Å². The normalized spacial score (nSPS) is 14.5. The summed E-state index contributed by atoms with van der Waals surface area (Å²) in [4.78, 5) is 4.73. The largest absolute Gasteiger partial charge is 0.383 e. The van der Waals surface area contributed by atoms with E-state index in [9.17, 15) is 4.39 Å². The van der Waals surface area contributed by atoms with Gasteiger partial charge in [-0.25, -0.2) is 9.37 Å². The highest BCUT2D eigenvalue weighted by atomic mass is 35.5. The third kappa shape index (κ3) is 4.65. The summed E-state index contributed by atoms with van der Waals surface area (Å²) in [7, 11) is 0. The van der Waals surface area contributed by atoms with E-state index in [0.717, 1.165) is 42.1 Å². The number of hydrogen-bond acceptors (Lipinski definition) is 4. The molecule has 0 bridgehead atoms. The van der Waals surface area contributed by atoms with Gasteiger partial charge in [-0.15, -0.1) is 36.2 Å². The van der Waals surface area contributed by atoms with Crippen LogP contribution in [0.15, 0.2) is 41.8 Å². The van der Waals surface area contributed by atoms with Gasteiger partial charge in [-0.1, -0.05) is 0 Å². The molecule has 2 aromatic heterocycles. The summed E-state index contributed by atoms with van der Waals surface area (Å²) >= 11 is 1.71. The Morgan fingerprint density at radius 3 is 2.58 bits per heavy atom. The third-order valence-corrected chi connectivity index (χ3v) is 5.53. The molecule has 1 fully saturated rings. The molecule has 0 unspecified atom stereocenters. The molecular formula is C19H22Cl2FN3S. The summed E-state index contributed by atoms with van der Waals surface area (Å²) < 4.78 is 14.4. The molecule has 7 heteroatoms. The lowest BCUT2D eigenvalue weighted by Crippen LogP contribution is -2.31. The number of pyridine rings is 1. The lowest BCUT2D eigenvalue weighted by molar-refractivity contribution is 0.390. The minimum Gasteiger partial charge on any atom is -0.383 e. The van der Waals surface area contributed by atoms with Crippen molar-refractivity contribution in [1.29, 1.82) is 0 Å². The number of rotatable bonds is 4. The predicted octanol–water partition coefficient (Wildman–Crippen LogP) is 5.36. The maximum absolute atomic E-state index is 13.2. The Kier molecular flexibility index (Phi) is 7.65. The number of fused-ring (bicyclic) bond motifs is 1. The molecule has 3 heterocycles. The van der Waals surface area contributed by atoms with Crippen LogP contribution in [0.3, 0.4) is 0 Å². The summed E-state index contributed by atoms with van der Waals surface area (Å²) in [5.41, 5.74) is 3.95. The number of anilines is 1. The van der Waals surface area contributed by atoms with E-state index in [1.54, 1.807) is 23.5 Å². The first kappa shape index (κ1) is 20.9. The fraction of sp³-hybridized carbons (Fsp3) is 0.316. The van der Waals surface area contributed by atoms with Gasteiger partial charge in [0.25, 0.3) is 0 Å². The van der Waals surface area contributed by atoms with E-state index in [1.165, 1.54) is 29.7 Å². The van der Waals surface area contributed by atoms with Crippen molar-refractivity contribution >= 4 is 52.1 Å². The van der Waals surface area contributed by atoms with E-state index in [2.05, 4.69) is 22.1 Å². The molecule has 1 aliphatic rings. The fourth-order valence-corrected chi connectivity index (χ4v) is 4.02. The second-order valence-electron chi connectivity index (χ2n) is 6.27. The number of piperidine rings is 1. The van der Waals surface area contributed by atoms with E-state index in [0.29, 0.717) is 5.92 Å². The zero-order valence-corrected chi connectivity index (χ0v) is 16.7. The monoisotopic (exact) mass is 413 g/mol. The number of hydrogen-bond donors (Lipinski definition) is 2. The molecule has 3 nitrogen and oxygen atoms in total. The van der Waals surface area contributed by atoms with Gasteiger partial charge in [0, 0.05) is 12.1 Å². The summed E-state index contributed by atoms with van der Waals surface area (Å²) in [6.45, 7) is 3.21. The minimum absolute atomic E-state index is 0. The lowest BCUT2D eigenvalue weighted by Gasteiger charge is -2.23. The van der Waals surface area contributed by atoms with Gasteiger partial charge in [0.05, 0.1) is 21.6 Å². The van der Waals surface area contributed by atoms with Gasteiger partial charge in [-0.3, -0.25) is 0 Å². The van der Waals surface area contributed by atoms with Gasteiger partial charge in [0.15, 0.2) is 0 Å². The highest BCUT2D eigenvalue weighted by Gasteiger charge is 2.14. The summed E-state index contributed by atoms with van der Waals surface area (Å²) in [6, 6.07) is 10.7. The van der Waals surface area contributed by atoms with Crippen molar-refractivity contribution in [2.24, 2.45) is 5.92 Å². The molecule has 0 radical (unpaired) electrons. The Balaban J connectivity index is 0.00000121. The summed E-state index contributed by atoms with van der Waals surface area (Å²) in [5.74, 6) is 0.489. The van der Waals surface area contributed by atoms with E-state index < -0.39 is 0 Å². The van der Waals surface area contributed by atoms with Crippen molar-refractivity contribution in [2.45, 2.75) is 12.8 Å². The maximum atomic E-state index is 13.2. The van der Waals surface area contributed by atoms with Crippen LogP contribution >= 0.6 is 36.2 Å². The number of aromatic nitrogens is 1. The van der Waals surface area contributed by atoms with E-state index >= 15 is 0 Å². The Morgan fingerprint density at radius 1 is 1.12 bits per heavy atom. The van der Waals surface area contributed by atoms with E-state index in [1.807, 2.05) is 6.07 Å². The van der Waals surface area contributed by atoms with Gasteiger partial charge in [0.1, 0.15) is 5.82 Å². The van der Waals surface area contributed by atoms with Crippen molar-refractivity contribution in [2.75, 3.05) is 25.0 Å². The second-order valence-corrected chi connectivity index (χ2v) is 7.19. The summed E-state index contributed by atoms with van der Waals surface area (Å²) in [5, 5.41) is 9.11. The summed E-state index contributed by atoms with van der Waals surface area (Å²) in [6.07, 6.45) is 2.44. The Bertz CT molecular complexity index is 832. The number of benzene rings is 1. The van der Waals surface area contributed by atoms with Crippen LogP contribution in [0.2, 0.25) is 0 Å². The molecule has 0 amide bonds. The van der Waals surface area contributed by atoms with Crippen LogP contribution in [0.25, 0.3) is 21.5 Å². The van der Waals surface area contributed by atoms with Crippen LogP contribution in [0, 0.1) is 11.7 Å². The molecule has 1 aliphatic heterocycles. The van der Waals surface area contributed by atoms with Gasteiger partial charge in [-0.05, 0) is 73.6 Å². The van der Waals surface area contributed by atoms with Gasteiger partial charge < -0.3 is 10.6 Å². The first-order valence-electron chi connectivity index (χ1n) is 8.38. The highest BCUT2D eigenvalue weighted by molar-refractivity contribution is 7.17. The first-order valence-corrected chi connectivity index (χ1v) is 9.26. The Hall–Kier alpha value is -1.40. The molecule has 1 saturated heterocycles. The second kappa shape index (κ2) is 9.51. The van der Waals surface area contributed by atoms with Crippen LogP contribution < -0.4 is 10.6 Å². The third-order valence-electron chi connectivity index (χ3n) is 4.59.